The van der Waals surface area contributed by atoms with Gasteiger partial charge in [0.05, 0.1) is 13.3 Å². The number of nitrogens with zero attached hydrogens (tertiary/aromatic N) is 2. The van der Waals surface area contributed by atoms with Crippen LogP contribution in [0.15, 0.2) is 18.5 Å². The van der Waals surface area contributed by atoms with E-state index in [0.717, 1.165) is 29.7 Å². The Balaban J connectivity index is 2.17. The van der Waals surface area contributed by atoms with Crippen molar-refractivity contribution in [3.63, 3.8) is 0 Å². The van der Waals surface area contributed by atoms with Gasteiger partial charge in [0.2, 0.25) is 0 Å². The van der Waals surface area contributed by atoms with Gasteiger partial charge in [0.1, 0.15) is 11.4 Å². The zero-order valence-electron chi connectivity index (χ0n) is 13.1. The number of aromatic amines is 1. The maximum Gasteiger partial charge on any atom is 0.137 e. The smallest absolute Gasteiger partial charge is 0.137 e. The molecule has 0 bridgehead atoms. The maximum absolute atomic E-state index is 5.26. The average molecular weight is 275 g/mol. The van der Waals surface area contributed by atoms with E-state index in [1.165, 1.54) is 5.56 Å². The van der Waals surface area contributed by atoms with E-state index >= 15 is 0 Å². The summed E-state index contributed by atoms with van der Waals surface area (Å²) in [4.78, 5) is 10.1. The van der Waals surface area contributed by atoms with E-state index in [1.807, 2.05) is 0 Å². The molecule has 0 aromatic carbocycles. The lowest BCUT2D eigenvalue weighted by atomic mass is 10.1. The van der Waals surface area contributed by atoms with Gasteiger partial charge < -0.3 is 9.72 Å². The lowest BCUT2D eigenvalue weighted by Crippen LogP contribution is -2.38. The summed E-state index contributed by atoms with van der Waals surface area (Å²) >= 11 is 0. The zero-order chi connectivity index (χ0) is 14.7. The molecule has 1 N–H and O–H groups in total. The van der Waals surface area contributed by atoms with Crippen LogP contribution in [-0.4, -0.2) is 40.6 Å². The summed E-state index contributed by atoms with van der Waals surface area (Å²) < 4.78 is 5.26. The van der Waals surface area contributed by atoms with Crippen molar-refractivity contribution in [2.45, 2.75) is 46.2 Å². The Morgan fingerprint density at radius 1 is 1.25 bits per heavy atom. The van der Waals surface area contributed by atoms with Gasteiger partial charge in [-0.25, -0.2) is 4.98 Å². The van der Waals surface area contributed by atoms with Gasteiger partial charge in [-0.2, -0.15) is 0 Å². The highest BCUT2D eigenvalue weighted by molar-refractivity contribution is 5.80. The van der Waals surface area contributed by atoms with Crippen LogP contribution in [-0.2, 0) is 6.42 Å². The summed E-state index contributed by atoms with van der Waals surface area (Å²) in [6.07, 6.45) is 4.83. The van der Waals surface area contributed by atoms with Crippen LogP contribution in [0.3, 0.4) is 0 Å². The van der Waals surface area contributed by atoms with Gasteiger partial charge >= 0.3 is 0 Å². The molecule has 2 aromatic rings. The van der Waals surface area contributed by atoms with Crippen LogP contribution in [0.4, 0.5) is 0 Å². The van der Waals surface area contributed by atoms with Crippen LogP contribution in [0, 0.1) is 0 Å². The molecule has 0 amide bonds. The fraction of sp³-hybridized carbons (Fsp3) is 0.562. The Morgan fingerprint density at radius 2 is 1.95 bits per heavy atom. The van der Waals surface area contributed by atoms with Crippen molar-refractivity contribution in [2.24, 2.45) is 0 Å². The minimum Gasteiger partial charge on any atom is -0.495 e. The molecule has 0 aliphatic heterocycles. The highest BCUT2D eigenvalue weighted by Crippen LogP contribution is 2.22. The first-order valence-corrected chi connectivity index (χ1v) is 7.28. The molecule has 0 spiro atoms. The van der Waals surface area contributed by atoms with Crippen molar-refractivity contribution < 1.29 is 4.74 Å². The van der Waals surface area contributed by atoms with Crippen LogP contribution >= 0.6 is 0 Å². The minimum absolute atomic E-state index is 0.563. The lowest BCUT2D eigenvalue weighted by Gasteiger charge is -2.30. The van der Waals surface area contributed by atoms with Crippen molar-refractivity contribution in [3.8, 4) is 5.75 Å². The monoisotopic (exact) mass is 275 g/mol. The van der Waals surface area contributed by atoms with Crippen molar-refractivity contribution in [2.75, 3.05) is 13.7 Å². The molecule has 2 aromatic heterocycles. The van der Waals surface area contributed by atoms with E-state index in [-0.39, 0.29) is 0 Å². The highest BCUT2D eigenvalue weighted by Gasteiger charge is 2.14. The maximum atomic E-state index is 5.26. The molecule has 110 valence electrons. The molecule has 0 atom stereocenters. The summed E-state index contributed by atoms with van der Waals surface area (Å²) in [6.45, 7) is 10.1. The van der Waals surface area contributed by atoms with E-state index in [0.29, 0.717) is 12.1 Å². The predicted molar refractivity (Wildman–Crippen MR) is 83.3 cm³/mol. The molecule has 2 rings (SSSR count). The first-order chi connectivity index (χ1) is 9.52. The fourth-order valence-corrected chi connectivity index (χ4v) is 2.72. The molecule has 20 heavy (non-hydrogen) atoms. The molecule has 0 saturated heterocycles. The van der Waals surface area contributed by atoms with Crippen LogP contribution in [0.2, 0.25) is 0 Å². The van der Waals surface area contributed by atoms with E-state index in [9.17, 15) is 0 Å². The second kappa shape index (κ2) is 6.27. The van der Waals surface area contributed by atoms with Gasteiger partial charge in [-0.3, -0.25) is 4.90 Å². The van der Waals surface area contributed by atoms with E-state index < -0.39 is 0 Å². The van der Waals surface area contributed by atoms with Gasteiger partial charge in [-0.05, 0) is 45.7 Å². The summed E-state index contributed by atoms with van der Waals surface area (Å²) in [5.74, 6) is 0.808. The fourth-order valence-electron chi connectivity index (χ4n) is 2.72. The van der Waals surface area contributed by atoms with Gasteiger partial charge in [-0.15, -0.1) is 0 Å². The number of ether oxygens (including phenoxy) is 1. The number of aromatic nitrogens is 2. The SMILES string of the molecule is COc1cnc2[nH]cc(CCN(C(C)C)C(C)C)c2c1. The highest BCUT2D eigenvalue weighted by atomic mass is 16.5. The Kier molecular flexibility index (Phi) is 4.65. The van der Waals surface area contributed by atoms with Crippen LogP contribution in [0.25, 0.3) is 11.0 Å². The molecule has 2 heterocycles. The third-order valence-corrected chi connectivity index (χ3v) is 3.79. The third kappa shape index (κ3) is 3.12. The van der Waals surface area contributed by atoms with Gasteiger partial charge in [0.25, 0.3) is 0 Å². The largest absolute Gasteiger partial charge is 0.495 e. The first kappa shape index (κ1) is 14.9. The van der Waals surface area contributed by atoms with Gasteiger partial charge in [-0.1, -0.05) is 0 Å². The second-order valence-corrected chi connectivity index (χ2v) is 5.76. The standard InChI is InChI=1S/C16H25N3O/c1-11(2)19(12(3)4)7-6-13-9-17-16-15(13)8-14(20-5)10-18-16/h8-12H,6-7H2,1-5H3,(H,17,18). The molecule has 0 radical (unpaired) electrons. The van der Waals surface area contributed by atoms with Crippen molar-refractivity contribution in [1.82, 2.24) is 14.9 Å². The van der Waals surface area contributed by atoms with E-state index in [1.54, 1.807) is 13.3 Å². The third-order valence-electron chi connectivity index (χ3n) is 3.79. The van der Waals surface area contributed by atoms with Crippen molar-refractivity contribution in [1.29, 1.82) is 0 Å². The summed E-state index contributed by atoms with van der Waals surface area (Å²) in [7, 11) is 1.68. The Hall–Kier alpha value is -1.55. The molecular weight excluding hydrogens is 250 g/mol. The van der Waals surface area contributed by atoms with Gasteiger partial charge in [0.15, 0.2) is 0 Å². The number of hydrogen-bond acceptors (Lipinski definition) is 3. The number of hydrogen-bond donors (Lipinski definition) is 1. The zero-order valence-corrected chi connectivity index (χ0v) is 13.1. The summed E-state index contributed by atoms with van der Waals surface area (Å²) in [6, 6.07) is 3.18. The number of H-pyrrole nitrogens is 1. The van der Waals surface area contributed by atoms with Crippen molar-refractivity contribution >= 4 is 11.0 Å². The molecule has 4 nitrogen and oxygen atoms in total. The van der Waals surface area contributed by atoms with Crippen LogP contribution < -0.4 is 4.74 Å². The van der Waals surface area contributed by atoms with Gasteiger partial charge in [0, 0.05) is 30.2 Å². The topological polar surface area (TPSA) is 41.1 Å². The molecular formula is C16H25N3O. The Labute approximate surface area is 121 Å². The quantitative estimate of drug-likeness (QED) is 0.880. The first-order valence-electron chi connectivity index (χ1n) is 7.28. The predicted octanol–water partition coefficient (Wildman–Crippen LogP) is 3.23. The normalized spacial score (nSPS) is 12.0. The van der Waals surface area contributed by atoms with E-state index in [4.69, 9.17) is 4.74 Å². The molecule has 0 unspecified atom stereocenters. The number of pyridine rings is 1. The Morgan fingerprint density at radius 3 is 2.55 bits per heavy atom. The number of fused-ring (bicyclic) bond motifs is 1. The van der Waals surface area contributed by atoms with E-state index in [2.05, 4.69) is 54.8 Å². The molecule has 0 aliphatic carbocycles. The molecule has 0 fully saturated rings. The lowest BCUT2D eigenvalue weighted by molar-refractivity contribution is 0.177. The Bertz CT molecular complexity index is 552. The molecule has 4 heteroatoms. The summed E-state index contributed by atoms with van der Waals surface area (Å²) in [5, 5.41) is 1.16. The summed E-state index contributed by atoms with van der Waals surface area (Å²) in [5.41, 5.74) is 2.24. The number of nitrogens with one attached hydrogen (secondary N) is 1. The number of rotatable bonds is 6. The number of methoxy groups -OCH3 is 1. The average Bonchev–Trinajstić information content (AvgIpc) is 2.80. The molecule has 0 saturated carbocycles. The van der Waals surface area contributed by atoms with Crippen molar-refractivity contribution in [3.05, 3.63) is 24.0 Å². The minimum atomic E-state index is 0.563. The molecule has 0 aliphatic rings. The van der Waals surface area contributed by atoms with Crippen LogP contribution in [0.5, 0.6) is 5.75 Å². The van der Waals surface area contributed by atoms with Crippen LogP contribution in [0.1, 0.15) is 33.3 Å². The second-order valence-electron chi connectivity index (χ2n) is 5.76.